The summed E-state index contributed by atoms with van der Waals surface area (Å²) in [5.41, 5.74) is 4.24. The number of urea groups is 1. The third-order valence-corrected chi connectivity index (χ3v) is 4.78. The minimum Gasteiger partial charge on any atom is -0.334 e. The smallest absolute Gasteiger partial charge is 0.321 e. The Hall–Kier alpha value is -2.11. The number of aromatic nitrogens is 1. The highest BCUT2D eigenvalue weighted by atomic mass is 35.5. The van der Waals surface area contributed by atoms with Crippen LogP contribution in [0.15, 0.2) is 36.4 Å². The minimum absolute atomic E-state index is 0.270. The van der Waals surface area contributed by atoms with Crippen molar-refractivity contribution in [3.63, 3.8) is 0 Å². The fraction of sp³-hybridized carbons (Fsp3) is 0.176. The third kappa shape index (κ3) is 3.81. The SMILES string of the molecule is Cc1cc(C)c2sc(NC(=O)NCc3ccc(Cl)cc3)nc2c1. The molecule has 118 valence electrons. The lowest BCUT2D eigenvalue weighted by Gasteiger charge is -2.05. The molecule has 1 aromatic heterocycles. The topological polar surface area (TPSA) is 54.0 Å². The molecule has 2 N–H and O–H groups in total. The molecule has 0 aliphatic rings. The summed E-state index contributed by atoms with van der Waals surface area (Å²) in [6, 6.07) is 11.2. The van der Waals surface area contributed by atoms with Crippen molar-refractivity contribution >= 4 is 44.3 Å². The highest BCUT2D eigenvalue weighted by Gasteiger charge is 2.09. The van der Waals surface area contributed by atoms with Gasteiger partial charge in [-0.05, 0) is 48.7 Å². The molecule has 2 aromatic carbocycles. The number of hydrogen-bond donors (Lipinski definition) is 2. The number of rotatable bonds is 3. The van der Waals surface area contributed by atoms with E-state index in [9.17, 15) is 4.79 Å². The molecule has 0 saturated carbocycles. The number of thiazole rings is 1. The Kier molecular flexibility index (Phi) is 4.50. The Balaban J connectivity index is 1.65. The van der Waals surface area contributed by atoms with Gasteiger partial charge in [0, 0.05) is 11.6 Å². The number of aryl methyl sites for hydroxylation is 2. The molecule has 0 atom stereocenters. The molecule has 0 bridgehead atoms. The largest absolute Gasteiger partial charge is 0.334 e. The standard InChI is InChI=1S/C17H16ClN3OS/c1-10-7-11(2)15-14(8-10)20-17(23-15)21-16(22)19-9-12-3-5-13(18)6-4-12/h3-8H,9H2,1-2H3,(H2,19,20,21,22). The second kappa shape index (κ2) is 6.56. The van der Waals surface area contributed by atoms with Crippen molar-refractivity contribution in [2.75, 3.05) is 5.32 Å². The van der Waals surface area contributed by atoms with Crippen molar-refractivity contribution < 1.29 is 4.79 Å². The molecule has 0 unspecified atom stereocenters. The Morgan fingerprint density at radius 2 is 1.96 bits per heavy atom. The van der Waals surface area contributed by atoms with Crippen LogP contribution < -0.4 is 10.6 Å². The average Bonchev–Trinajstić information content (AvgIpc) is 2.89. The van der Waals surface area contributed by atoms with Crippen molar-refractivity contribution in [1.29, 1.82) is 0 Å². The van der Waals surface area contributed by atoms with Gasteiger partial charge in [-0.15, -0.1) is 0 Å². The van der Waals surface area contributed by atoms with Crippen molar-refractivity contribution in [3.8, 4) is 0 Å². The van der Waals surface area contributed by atoms with E-state index in [1.165, 1.54) is 22.5 Å². The van der Waals surface area contributed by atoms with E-state index in [4.69, 9.17) is 11.6 Å². The van der Waals surface area contributed by atoms with Crippen LogP contribution in [0.2, 0.25) is 5.02 Å². The van der Waals surface area contributed by atoms with Crippen molar-refractivity contribution in [2.24, 2.45) is 0 Å². The van der Waals surface area contributed by atoms with Crippen LogP contribution in [0.3, 0.4) is 0 Å². The summed E-state index contributed by atoms with van der Waals surface area (Å²) in [6.07, 6.45) is 0. The van der Waals surface area contributed by atoms with Crippen molar-refractivity contribution in [3.05, 3.63) is 58.1 Å². The van der Waals surface area contributed by atoms with Gasteiger partial charge in [-0.3, -0.25) is 5.32 Å². The number of halogens is 1. The lowest BCUT2D eigenvalue weighted by Crippen LogP contribution is -2.28. The first kappa shape index (κ1) is 15.8. The number of carbonyl (C=O) groups is 1. The van der Waals surface area contributed by atoms with Crippen LogP contribution in [0, 0.1) is 13.8 Å². The van der Waals surface area contributed by atoms with Crippen LogP contribution in [0.4, 0.5) is 9.93 Å². The number of carbonyl (C=O) groups excluding carboxylic acids is 1. The summed E-state index contributed by atoms with van der Waals surface area (Å²) in [5.74, 6) is 0. The van der Waals surface area contributed by atoms with E-state index >= 15 is 0 Å². The average molecular weight is 346 g/mol. The summed E-state index contributed by atoms with van der Waals surface area (Å²) in [7, 11) is 0. The number of anilines is 1. The highest BCUT2D eigenvalue weighted by molar-refractivity contribution is 7.22. The molecular formula is C17H16ClN3OS. The van der Waals surface area contributed by atoms with E-state index in [-0.39, 0.29) is 6.03 Å². The minimum atomic E-state index is -0.270. The Morgan fingerprint density at radius 3 is 2.70 bits per heavy atom. The van der Waals surface area contributed by atoms with Gasteiger partial charge in [-0.1, -0.05) is 41.1 Å². The van der Waals surface area contributed by atoms with Crippen LogP contribution in [0.5, 0.6) is 0 Å². The summed E-state index contributed by atoms with van der Waals surface area (Å²) < 4.78 is 1.10. The van der Waals surface area contributed by atoms with Gasteiger partial charge in [0.15, 0.2) is 5.13 Å². The second-order valence-corrected chi connectivity index (χ2v) is 6.82. The fourth-order valence-corrected chi connectivity index (χ4v) is 3.39. The summed E-state index contributed by atoms with van der Waals surface area (Å²) >= 11 is 7.32. The van der Waals surface area contributed by atoms with Crippen LogP contribution >= 0.6 is 22.9 Å². The number of nitrogens with zero attached hydrogens (tertiary/aromatic N) is 1. The Morgan fingerprint density at radius 1 is 1.22 bits per heavy atom. The molecule has 0 fully saturated rings. The first-order valence-corrected chi connectivity index (χ1v) is 8.38. The predicted octanol–water partition coefficient (Wildman–Crippen LogP) is 4.89. The molecule has 0 radical (unpaired) electrons. The van der Waals surface area contributed by atoms with Gasteiger partial charge in [0.25, 0.3) is 0 Å². The van der Waals surface area contributed by atoms with Crippen LogP contribution in [0.25, 0.3) is 10.2 Å². The maximum atomic E-state index is 12.0. The van der Waals surface area contributed by atoms with Gasteiger partial charge in [0.1, 0.15) is 0 Å². The van der Waals surface area contributed by atoms with Crippen molar-refractivity contribution in [2.45, 2.75) is 20.4 Å². The lowest BCUT2D eigenvalue weighted by molar-refractivity contribution is 0.251. The summed E-state index contributed by atoms with van der Waals surface area (Å²) in [5, 5.41) is 6.88. The number of amides is 2. The van der Waals surface area contributed by atoms with Gasteiger partial charge >= 0.3 is 6.03 Å². The Labute approximate surface area is 143 Å². The fourth-order valence-electron chi connectivity index (χ4n) is 2.36. The molecule has 1 heterocycles. The van der Waals surface area contributed by atoms with E-state index < -0.39 is 0 Å². The first-order valence-electron chi connectivity index (χ1n) is 7.18. The summed E-state index contributed by atoms with van der Waals surface area (Å²) in [6.45, 7) is 4.53. The number of nitrogens with one attached hydrogen (secondary N) is 2. The summed E-state index contributed by atoms with van der Waals surface area (Å²) in [4.78, 5) is 16.5. The van der Waals surface area contributed by atoms with Crippen molar-refractivity contribution in [1.82, 2.24) is 10.3 Å². The van der Waals surface area contributed by atoms with Crippen LogP contribution in [-0.4, -0.2) is 11.0 Å². The van der Waals surface area contributed by atoms with E-state index in [1.54, 1.807) is 12.1 Å². The zero-order chi connectivity index (χ0) is 16.4. The van der Waals surface area contributed by atoms with E-state index in [0.717, 1.165) is 15.8 Å². The van der Waals surface area contributed by atoms with E-state index in [0.29, 0.717) is 16.7 Å². The molecule has 4 nitrogen and oxygen atoms in total. The van der Waals surface area contributed by atoms with Crippen LogP contribution in [-0.2, 0) is 6.54 Å². The zero-order valence-electron chi connectivity index (χ0n) is 12.8. The highest BCUT2D eigenvalue weighted by Crippen LogP contribution is 2.29. The number of hydrogen-bond acceptors (Lipinski definition) is 3. The molecule has 23 heavy (non-hydrogen) atoms. The van der Waals surface area contributed by atoms with Gasteiger partial charge < -0.3 is 5.32 Å². The molecule has 3 rings (SSSR count). The molecule has 3 aromatic rings. The molecule has 0 saturated heterocycles. The zero-order valence-corrected chi connectivity index (χ0v) is 14.4. The van der Waals surface area contributed by atoms with Gasteiger partial charge in [0.2, 0.25) is 0 Å². The molecule has 6 heteroatoms. The van der Waals surface area contributed by atoms with E-state index in [1.807, 2.05) is 25.1 Å². The quantitative estimate of drug-likeness (QED) is 0.710. The first-order chi connectivity index (χ1) is 11.0. The Bertz CT molecular complexity index is 858. The third-order valence-electron chi connectivity index (χ3n) is 3.41. The molecule has 0 aliphatic heterocycles. The molecule has 2 amide bonds. The molecule has 0 aliphatic carbocycles. The molecular weight excluding hydrogens is 330 g/mol. The normalized spacial score (nSPS) is 10.7. The van der Waals surface area contributed by atoms with Gasteiger partial charge in [0.05, 0.1) is 10.2 Å². The molecule has 0 spiro atoms. The van der Waals surface area contributed by atoms with Crippen LogP contribution in [0.1, 0.15) is 16.7 Å². The number of benzene rings is 2. The number of fused-ring (bicyclic) bond motifs is 1. The monoisotopic (exact) mass is 345 g/mol. The van der Waals surface area contributed by atoms with Gasteiger partial charge in [-0.2, -0.15) is 0 Å². The van der Waals surface area contributed by atoms with E-state index in [2.05, 4.69) is 28.6 Å². The maximum absolute atomic E-state index is 12.0. The lowest BCUT2D eigenvalue weighted by atomic mass is 10.1. The maximum Gasteiger partial charge on any atom is 0.321 e. The second-order valence-electron chi connectivity index (χ2n) is 5.38. The van der Waals surface area contributed by atoms with Gasteiger partial charge in [-0.25, -0.2) is 9.78 Å². The predicted molar refractivity (Wildman–Crippen MR) is 96.4 cm³/mol.